The van der Waals surface area contributed by atoms with Crippen LogP contribution in [0.15, 0.2) is 24.3 Å². The summed E-state index contributed by atoms with van der Waals surface area (Å²) in [5, 5.41) is 22.2. The second-order valence-corrected chi connectivity index (χ2v) is 5.44. The van der Waals surface area contributed by atoms with Crippen molar-refractivity contribution in [3.63, 3.8) is 0 Å². The van der Waals surface area contributed by atoms with E-state index in [1.165, 1.54) is 24.3 Å². The number of carbonyl (C=O) groups is 2. The molecule has 1 aromatic heterocycles. The van der Waals surface area contributed by atoms with Crippen LogP contribution in [0.1, 0.15) is 20.9 Å². The molecular weight excluding hydrogens is 310 g/mol. The van der Waals surface area contributed by atoms with E-state index >= 15 is 0 Å². The van der Waals surface area contributed by atoms with Crippen LogP contribution in [-0.2, 0) is 11.2 Å². The molecule has 114 valence electrons. The molecule has 2 N–H and O–H groups in total. The number of hydrogen-bond donors (Lipinski definition) is 2. The highest BCUT2D eigenvalue weighted by Gasteiger charge is 2.14. The first-order chi connectivity index (χ1) is 10.4. The maximum Gasteiger partial charge on any atom is 0.308 e. The van der Waals surface area contributed by atoms with Crippen molar-refractivity contribution in [3.05, 3.63) is 50.5 Å². The SMILES string of the molecule is Cc1nc(NC(=O)c2ccc([N+](=O)[O-])cc2)sc1CC(=O)O. The summed E-state index contributed by atoms with van der Waals surface area (Å²) in [5.74, 6) is -1.44. The molecule has 0 aliphatic heterocycles. The van der Waals surface area contributed by atoms with Gasteiger partial charge in [-0.3, -0.25) is 25.0 Å². The number of hydrogen-bond acceptors (Lipinski definition) is 6. The summed E-state index contributed by atoms with van der Waals surface area (Å²) in [6, 6.07) is 5.15. The van der Waals surface area contributed by atoms with Gasteiger partial charge in [0, 0.05) is 22.6 Å². The number of thiazole rings is 1. The zero-order chi connectivity index (χ0) is 16.3. The number of aliphatic carboxylic acids is 1. The van der Waals surface area contributed by atoms with Crippen molar-refractivity contribution in [1.29, 1.82) is 0 Å². The summed E-state index contributed by atoms with van der Waals surface area (Å²) in [4.78, 5) is 37.4. The molecule has 2 aromatic rings. The first kappa shape index (κ1) is 15.6. The van der Waals surface area contributed by atoms with E-state index in [1.54, 1.807) is 6.92 Å². The van der Waals surface area contributed by atoms with Crippen molar-refractivity contribution >= 4 is 34.0 Å². The molecule has 0 aliphatic rings. The van der Waals surface area contributed by atoms with E-state index in [-0.39, 0.29) is 22.8 Å². The number of non-ortho nitro benzene ring substituents is 1. The lowest BCUT2D eigenvalue weighted by Crippen LogP contribution is -2.11. The van der Waals surface area contributed by atoms with Crippen LogP contribution in [0.4, 0.5) is 10.8 Å². The molecule has 8 nitrogen and oxygen atoms in total. The summed E-state index contributed by atoms with van der Waals surface area (Å²) >= 11 is 1.09. The van der Waals surface area contributed by atoms with Crippen LogP contribution in [0.3, 0.4) is 0 Å². The lowest BCUT2D eigenvalue weighted by Gasteiger charge is -2.01. The number of anilines is 1. The Bertz CT molecular complexity index is 739. The van der Waals surface area contributed by atoms with Crippen molar-refractivity contribution in [3.8, 4) is 0 Å². The lowest BCUT2D eigenvalue weighted by molar-refractivity contribution is -0.384. The Hall–Kier alpha value is -2.81. The molecule has 9 heteroatoms. The van der Waals surface area contributed by atoms with Crippen molar-refractivity contribution in [1.82, 2.24) is 4.98 Å². The van der Waals surface area contributed by atoms with E-state index in [4.69, 9.17) is 5.11 Å². The molecule has 0 bridgehead atoms. The molecule has 22 heavy (non-hydrogen) atoms. The van der Waals surface area contributed by atoms with Crippen molar-refractivity contribution in [2.45, 2.75) is 13.3 Å². The van der Waals surface area contributed by atoms with Gasteiger partial charge in [-0.15, -0.1) is 11.3 Å². The van der Waals surface area contributed by atoms with Gasteiger partial charge in [0.25, 0.3) is 11.6 Å². The normalized spacial score (nSPS) is 10.2. The number of nitrogens with zero attached hydrogens (tertiary/aromatic N) is 2. The maximum atomic E-state index is 12.0. The summed E-state index contributed by atoms with van der Waals surface area (Å²) < 4.78 is 0. The largest absolute Gasteiger partial charge is 0.481 e. The van der Waals surface area contributed by atoms with Crippen LogP contribution in [0.25, 0.3) is 0 Å². The van der Waals surface area contributed by atoms with Crippen molar-refractivity contribution in [2.75, 3.05) is 5.32 Å². The van der Waals surface area contributed by atoms with Gasteiger partial charge in [0.05, 0.1) is 17.0 Å². The number of rotatable bonds is 5. The van der Waals surface area contributed by atoms with E-state index in [9.17, 15) is 19.7 Å². The summed E-state index contributed by atoms with van der Waals surface area (Å²) in [6.07, 6.45) is -0.156. The Morgan fingerprint density at radius 2 is 2.00 bits per heavy atom. The number of carboxylic acid groups (broad SMARTS) is 1. The minimum atomic E-state index is -0.972. The fraction of sp³-hybridized carbons (Fsp3) is 0.154. The smallest absolute Gasteiger partial charge is 0.308 e. The highest BCUT2D eigenvalue weighted by atomic mass is 32.1. The molecule has 1 amide bonds. The number of nitrogens with one attached hydrogen (secondary N) is 1. The second kappa shape index (κ2) is 6.31. The number of carbonyl (C=O) groups excluding carboxylic acids is 1. The van der Waals surface area contributed by atoms with Crippen LogP contribution >= 0.6 is 11.3 Å². The van der Waals surface area contributed by atoms with Gasteiger partial charge in [-0.25, -0.2) is 4.98 Å². The highest BCUT2D eigenvalue weighted by molar-refractivity contribution is 7.16. The first-order valence-electron chi connectivity index (χ1n) is 6.10. The Balaban J connectivity index is 2.11. The quantitative estimate of drug-likeness (QED) is 0.643. The number of aromatic nitrogens is 1. The molecule has 0 fully saturated rings. The molecule has 0 saturated heterocycles. The standard InChI is InChI=1S/C13H11N3O5S/c1-7-10(6-11(17)18)22-13(14-7)15-12(19)8-2-4-9(5-3-8)16(20)21/h2-5H,6H2,1H3,(H,17,18)(H,14,15,19). The zero-order valence-electron chi connectivity index (χ0n) is 11.4. The van der Waals surface area contributed by atoms with Gasteiger partial charge in [-0.1, -0.05) is 0 Å². The molecule has 0 spiro atoms. The Kier molecular flexibility index (Phi) is 4.47. The van der Waals surface area contributed by atoms with Crippen molar-refractivity contribution < 1.29 is 19.6 Å². The zero-order valence-corrected chi connectivity index (χ0v) is 12.2. The predicted molar refractivity (Wildman–Crippen MR) is 79.2 cm³/mol. The Morgan fingerprint density at radius 3 is 2.55 bits per heavy atom. The van der Waals surface area contributed by atoms with Crippen LogP contribution in [0.5, 0.6) is 0 Å². The average Bonchev–Trinajstić information content (AvgIpc) is 2.78. The number of nitro groups is 1. The Labute approximate surface area is 128 Å². The van der Waals surface area contributed by atoms with Gasteiger partial charge in [-0.2, -0.15) is 0 Å². The third-order valence-electron chi connectivity index (χ3n) is 2.77. The lowest BCUT2D eigenvalue weighted by atomic mass is 10.2. The molecule has 0 radical (unpaired) electrons. The second-order valence-electron chi connectivity index (χ2n) is 4.36. The van der Waals surface area contributed by atoms with Gasteiger partial charge < -0.3 is 5.11 Å². The maximum absolute atomic E-state index is 12.0. The fourth-order valence-corrected chi connectivity index (χ4v) is 2.64. The van der Waals surface area contributed by atoms with E-state index < -0.39 is 16.8 Å². The summed E-state index contributed by atoms with van der Waals surface area (Å²) in [6.45, 7) is 1.66. The number of benzene rings is 1. The molecular formula is C13H11N3O5S. The molecule has 0 unspecified atom stereocenters. The third-order valence-corrected chi connectivity index (χ3v) is 3.84. The minimum Gasteiger partial charge on any atom is -0.481 e. The van der Waals surface area contributed by atoms with Gasteiger partial charge in [0.1, 0.15) is 0 Å². The Morgan fingerprint density at radius 1 is 1.36 bits per heavy atom. The molecule has 0 aliphatic carbocycles. The van der Waals surface area contributed by atoms with Gasteiger partial charge in [0.2, 0.25) is 0 Å². The van der Waals surface area contributed by atoms with Crippen LogP contribution in [0.2, 0.25) is 0 Å². The topological polar surface area (TPSA) is 122 Å². The molecule has 2 rings (SSSR count). The highest BCUT2D eigenvalue weighted by Crippen LogP contribution is 2.23. The van der Waals surface area contributed by atoms with Gasteiger partial charge in [-0.05, 0) is 19.1 Å². The average molecular weight is 321 g/mol. The number of carboxylic acids is 1. The van der Waals surface area contributed by atoms with E-state index in [1.807, 2.05) is 0 Å². The monoisotopic (exact) mass is 321 g/mol. The number of amides is 1. The van der Waals surface area contributed by atoms with E-state index in [2.05, 4.69) is 10.3 Å². The first-order valence-corrected chi connectivity index (χ1v) is 6.92. The van der Waals surface area contributed by atoms with Gasteiger partial charge >= 0.3 is 5.97 Å². The summed E-state index contributed by atoms with van der Waals surface area (Å²) in [7, 11) is 0. The van der Waals surface area contributed by atoms with E-state index in [0.29, 0.717) is 10.6 Å². The molecule has 0 atom stereocenters. The van der Waals surface area contributed by atoms with Crippen LogP contribution in [0, 0.1) is 17.0 Å². The minimum absolute atomic E-state index is 0.106. The molecule has 1 heterocycles. The number of nitro benzene ring substituents is 1. The van der Waals surface area contributed by atoms with Gasteiger partial charge in [0.15, 0.2) is 5.13 Å². The predicted octanol–water partition coefficient (Wildman–Crippen LogP) is 2.24. The third kappa shape index (κ3) is 3.64. The summed E-state index contributed by atoms with van der Waals surface area (Å²) in [5.41, 5.74) is 0.690. The molecule has 0 saturated carbocycles. The van der Waals surface area contributed by atoms with Crippen molar-refractivity contribution in [2.24, 2.45) is 0 Å². The fourth-order valence-electron chi connectivity index (χ4n) is 1.69. The van der Waals surface area contributed by atoms with Crippen LogP contribution in [-0.4, -0.2) is 26.9 Å². The molecule has 1 aromatic carbocycles. The van der Waals surface area contributed by atoms with E-state index in [0.717, 1.165) is 11.3 Å². The number of aryl methyl sites for hydroxylation is 1. The van der Waals surface area contributed by atoms with Crippen LogP contribution < -0.4 is 5.32 Å².